The fourth-order valence-electron chi connectivity index (χ4n) is 1.48. The molecule has 2 rings (SSSR count). The van der Waals surface area contributed by atoms with E-state index in [9.17, 15) is 13.2 Å². The highest BCUT2D eigenvalue weighted by atomic mass is 35.5. The molecule has 100 valence electrons. The molecular weight excluding hydrogens is 279 g/mol. The van der Waals surface area contributed by atoms with E-state index in [-0.39, 0.29) is 17.2 Å². The van der Waals surface area contributed by atoms with Crippen LogP contribution in [0.15, 0.2) is 42.5 Å². The maximum absolute atomic E-state index is 12.5. The van der Waals surface area contributed by atoms with E-state index < -0.39 is 11.7 Å². The summed E-state index contributed by atoms with van der Waals surface area (Å²) in [6, 6.07) is 9.07. The summed E-state index contributed by atoms with van der Waals surface area (Å²) >= 11 is 5.72. The first kappa shape index (κ1) is 13.5. The van der Waals surface area contributed by atoms with Gasteiger partial charge in [0, 0.05) is 5.02 Å². The van der Waals surface area contributed by atoms with Crippen molar-refractivity contribution in [3.8, 4) is 11.5 Å². The summed E-state index contributed by atoms with van der Waals surface area (Å²) in [4.78, 5) is 0. The summed E-state index contributed by atoms with van der Waals surface area (Å²) in [6.07, 6.45) is -4.41. The van der Waals surface area contributed by atoms with Gasteiger partial charge in [0.2, 0.25) is 0 Å². The van der Waals surface area contributed by atoms with Crippen LogP contribution in [0, 0.1) is 0 Å². The summed E-state index contributed by atoms with van der Waals surface area (Å²) in [7, 11) is 0. The first-order valence-electron chi connectivity index (χ1n) is 5.26. The van der Waals surface area contributed by atoms with Gasteiger partial charge in [-0.05, 0) is 36.4 Å². The molecule has 0 amide bonds. The molecule has 19 heavy (non-hydrogen) atoms. The van der Waals surface area contributed by atoms with Crippen molar-refractivity contribution in [2.75, 3.05) is 5.73 Å². The zero-order chi connectivity index (χ0) is 14.0. The highest BCUT2D eigenvalue weighted by molar-refractivity contribution is 6.30. The topological polar surface area (TPSA) is 35.2 Å². The van der Waals surface area contributed by atoms with E-state index >= 15 is 0 Å². The molecule has 2 aromatic carbocycles. The van der Waals surface area contributed by atoms with Crippen LogP contribution in [0.3, 0.4) is 0 Å². The van der Waals surface area contributed by atoms with Gasteiger partial charge in [0.25, 0.3) is 0 Å². The van der Waals surface area contributed by atoms with Crippen LogP contribution < -0.4 is 10.5 Å². The highest BCUT2D eigenvalue weighted by Crippen LogP contribution is 2.34. The fraction of sp³-hybridized carbons (Fsp3) is 0.0769. The molecule has 0 aliphatic carbocycles. The molecule has 2 nitrogen and oxygen atoms in total. The summed E-state index contributed by atoms with van der Waals surface area (Å²) in [5.41, 5.74) is 5.14. The van der Waals surface area contributed by atoms with E-state index in [2.05, 4.69) is 0 Å². The van der Waals surface area contributed by atoms with E-state index in [1.165, 1.54) is 24.3 Å². The average molecular weight is 288 g/mol. The van der Waals surface area contributed by atoms with Crippen LogP contribution in [0.4, 0.5) is 18.9 Å². The van der Waals surface area contributed by atoms with Gasteiger partial charge in [-0.1, -0.05) is 17.7 Å². The lowest BCUT2D eigenvalue weighted by atomic mass is 10.2. The van der Waals surface area contributed by atoms with E-state index in [4.69, 9.17) is 22.1 Å². The normalized spacial score (nSPS) is 11.4. The minimum atomic E-state index is -4.41. The molecule has 0 fully saturated rings. The molecular formula is C13H9ClF3NO. The Kier molecular flexibility index (Phi) is 3.57. The van der Waals surface area contributed by atoms with Crippen molar-refractivity contribution >= 4 is 17.3 Å². The number of ether oxygens (including phenoxy) is 1. The number of nitrogen functional groups attached to an aromatic ring is 1. The van der Waals surface area contributed by atoms with Crippen molar-refractivity contribution in [2.24, 2.45) is 0 Å². The molecule has 0 radical (unpaired) electrons. The second-order valence-electron chi connectivity index (χ2n) is 3.81. The number of hydrogen-bond donors (Lipinski definition) is 1. The molecule has 2 N–H and O–H groups in total. The Balaban J connectivity index is 2.29. The van der Waals surface area contributed by atoms with Gasteiger partial charge in [-0.3, -0.25) is 0 Å². The van der Waals surface area contributed by atoms with Crippen LogP contribution in [0.25, 0.3) is 0 Å². The first-order valence-corrected chi connectivity index (χ1v) is 5.64. The Morgan fingerprint density at radius 1 is 1.05 bits per heavy atom. The van der Waals surface area contributed by atoms with Crippen molar-refractivity contribution in [3.05, 3.63) is 53.1 Å². The predicted molar refractivity (Wildman–Crippen MR) is 67.4 cm³/mol. The van der Waals surface area contributed by atoms with Gasteiger partial charge in [0.1, 0.15) is 11.5 Å². The third-order valence-corrected chi connectivity index (χ3v) is 2.60. The second-order valence-corrected chi connectivity index (χ2v) is 4.25. The molecule has 0 unspecified atom stereocenters. The van der Waals surface area contributed by atoms with E-state index in [1.54, 1.807) is 6.07 Å². The highest BCUT2D eigenvalue weighted by Gasteiger charge is 2.30. The Morgan fingerprint density at radius 2 is 1.79 bits per heavy atom. The van der Waals surface area contributed by atoms with Crippen molar-refractivity contribution in [1.29, 1.82) is 0 Å². The van der Waals surface area contributed by atoms with Crippen LogP contribution in [-0.2, 0) is 6.18 Å². The zero-order valence-electron chi connectivity index (χ0n) is 9.54. The molecule has 0 aliphatic rings. The summed E-state index contributed by atoms with van der Waals surface area (Å²) in [5.74, 6) is 0.313. The third kappa shape index (κ3) is 3.32. The van der Waals surface area contributed by atoms with Gasteiger partial charge >= 0.3 is 6.18 Å². The van der Waals surface area contributed by atoms with Crippen LogP contribution in [0.1, 0.15) is 5.56 Å². The molecule has 0 spiro atoms. The molecule has 0 bridgehead atoms. The van der Waals surface area contributed by atoms with E-state index in [1.807, 2.05) is 0 Å². The van der Waals surface area contributed by atoms with Crippen LogP contribution in [0.2, 0.25) is 5.02 Å². The third-order valence-electron chi connectivity index (χ3n) is 2.36. The van der Waals surface area contributed by atoms with Gasteiger partial charge in [0.05, 0.1) is 11.3 Å². The SMILES string of the molecule is Nc1cc(Cl)ccc1Oc1cccc(C(F)(F)F)c1. The predicted octanol–water partition coefficient (Wildman–Crippen LogP) is 4.73. The largest absolute Gasteiger partial charge is 0.455 e. The van der Waals surface area contributed by atoms with E-state index in [0.29, 0.717) is 5.02 Å². The first-order chi connectivity index (χ1) is 8.86. The van der Waals surface area contributed by atoms with Crippen LogP contribution in [0.5, 0.6) is 11.5 Å². The Hall–Kier alpha value is -1.88. The second kappa shape index (κ2) is 5.01. The van der Waals surface area contributed by atoms with Crippen molar-refractivity contribution < 1.29 is 17.9 Å². The number of benzene rings is 2. The summed E-state index contributed by atoms with van der Waals surface area (Å²) in [6.45, 7) is 0. The quantitative estimate of drug-likeness (QED) is 0.810. The lowest BCUT2D eigenvalue weighted by molar-refractivity contribution is -0.137. The molecule has 2 aromatic rings. The van der Waals surface area contributed by atoms with Gasteiger partial charge < -0.3 is 10.5 Å². The summed E-state index contributed by atoms with van der Waals surface area (Å²) < 4.78 is 42.9. The number of hydrogen-bond acceptors (Lipinski definition) is 2. The lowest BCUT2D eigenvalue weighted by Gasteiger charge is -2.11. The number of halogens is 4. The maximum atomic E-state index is 12.5. The van der Waals surface area contributed by atoms with Gasteiger partial charge in [-0.15, -0.1) is 0 Å². The van der Waals surface area contributed by atoms with Gasteiger partial charge in [-0.25, -0.2) is 0 Å². The Bertz CT molecular complexity index is 599. The Morgan fingerprint density at radius 3 is 2.42 bits per heavy atom. The minimum absolute atomic E-state index is 0.0591. The monoisotopic (exact) mass is 287 g/mol. The zero-order valence-corrected chi connectivity index (χ0v) is 10.3. The fourth-order valence-corrected chi connectivity index (χ4v) is 1.66. The molecule has 0 aromatic heterocycles. The number of rotatable bonds is 2. The molecule has 0 aliphatic heterocycles. The van der Waals surface area contributed by atoms with Crippen LogP contribution in [-0.4, -0.2) is 0 Å². The van der Waals surface area contributed by atoms with Crippen LogP contribution >= 0.6 is 11.6 Å². The van der Waals surface area contributed by atoms with Crippen molar-refractivity contribution in [2.45, 2.75) is 6.18 Å². The maximum Gasteiger partial charge on any atom is 0.416 e. The van der Waals surface area contributed by atoms with E-state index in [0.717, 1.165) is 12.1 Å². The average Bonchev–Trinajstić information content (AvgIpc) is 2.32. The minimum Gasteiger partial charge on any atom is -0.455 e. The van der Waals surface area contributed by atoms with Gasteiger partial charge in [0.15, 0.2) is 0 Å². The molecule has 6 heteroatoms. The van der Waals surface area contributed by atoms with Gasteiger partial charge in [-0.2, -0.15) is 13.2 Å². The Labute approximate surface area is 112 Å². The lowest BCUT2D eigenvalue weighted by Crippen LogP contribution is -2.04. The smallest absolute Gasteiger partial charge is 0.416 e. The number of nitrogens with two attached hydrogens (primary N) is 1. The molecule has 0 heterocycles. The number of alkyl halides is 3. The molecule has 0 atom stereocenters. The number of anilines is 1. The molecule has 0 saturated carbocycles. The van der Waals surface area contributed by atoms with Crippen molar-refractivity contribution in [1.82, 2.24) is 0 Å². The summed E-state index contributed by atoms with van der Waals surface area (Å²) in [5, 5.41) is 0.425. The standard InChI is InChI=1S/C13H9ClF3NO/c14-9-4-5-12(11(18)7-9)19-10-3-1-2-8(6-10)13(15,16)17/h1-7H,18H2. The molecule has 0 saturated heterocycles. The van der Waals surface area contributed by atoms with Crippen molar-refractivity contribution in [3.63, 3.8) is 0 Å².